The summed E-state index contributed by atoms with van der Waals surface area (Å²) in [5, 5.41) is 33.4. The van der Waals surface area contributed by atoms with Crippen molar-refractivity contribution in [2.24, 2.45) is 0 Å². The highest BCUT2D eigenvalue weighted by Gasteiger charge is 2.43. The number of aromatic hydroxyl groups is 1. The van der Waals surface area contributed by atoms with E-state index in [0.717, 1.165) is 36.9 Å². The number of likely N-dealkylation sites (tertiary alicyclic amines) is 1. The van der Waals surface area contributed by atoms with Crippen molar-refractivity contribution in [1.82, 2.24) is 4.90 Å². The molecular weight excluding hydrogens is 378 g/mol. The van der Waals surface area contributed by atoms with Crippen LogP contribution in [0.3, 0.4) is 0 Å². The summed E-state index contributed by atoms with van der Waals surface area (Å²) in [5.74, 6) is 0.807. The fraction of sp³-hybridized carbons (Fsp3) is 0.360. The minimum Gasteiger partial charge on any atom is -0.508 e. The maximum Gasteiger partial charge on any atom is 0.126 e. The van der Waals surface area contributed by atoms with Crippen molar-refractivity contribution in [3.05, 3.63) is 71.8 Å². The molecule has 2 aliphatic heterocycles. The van der Waals surface area contributed by atoms with Crippen LogP contribution in [0.25, 0.3) is 10.8 Å². The largest absolute Gasteiger partial charge is 0.508 e. The van der Waals surface area contributed by atoms with Gasteiger partial charge in [0.05, 0.1) is 12.2 Å². The monoisotopic (exact) mass is 405 g/mol. The molecule has 5 heteroatoms. The molecule has 0 aliphatic carbocycles. The van der Waals surface area contributed by atoms with E-state index in [2.05, 4.69) is 29.2 Å². The molecule has 0 amide bonds. The molecule has 156 valence electrons. The normalized spacial score (nSPS) is 21.9. The number of hydrogen-bond acceptors (Lipinski definition) is 5. The Morgan fingerprint density at radius 1 is 1.00 bits per heavy atom. The van der Waals surface area contributed by atoms with Crippen molar-refractivity contribution < 1.29 is 20.1 Å². The molecule has 3 N–H and O–H groups in total. The first kappa shape index (κ1) is 19.4. The molecule has 2 aliphatic rings. The Morgan fingerprint density at radius 2 is 1.77 bits per heavy atom. The second-order valence-electron chi connectivity index (χ2n) is 8.65. The molecule has 2 heterocycles. The summed E-state index contributed by atoms with van der Waals surface area (Å²) in [6.45, 7) is 2.21. The van der Waals surface area contributed by atoms with Crippen molar-refractivity contribution in [3.8, 4) is 11.5 Å². The Kier molecular flexibility index (Phi) is 4.89. The van der Waals surface area contributed by atoms with Gasteiger partial charge < -0.3 is 25.0 Å². The molecule has 1 spiro atoms. The van der Waals surface area contributed by atoms with Gasteiger partial charge >= 0.3 is 0 Å². The molecule has 3 aromatic carbocycles. The number of aliphatic hydroxyl groups excluding tert-OH is 2. The lowest BCUT2D eigenvalue weighted by Crippen LogP contribution is -2.51. The van der Waals surface area contributed by atoms with Crippen molar-refractivity contribution in [1.29, 1.82) is 0 Å². The van der Waals surface area contributed by atoms with Crippen LogP contribution in [0.5, 0.6) is 11.5 Å². The molecule has 0 saturated carbocycles. The molecule has 1 saturated heterocycles. The number of ether oxygens (including phenoxy) is 1. The fourth-order valence-corrected chi connectivity index (χ4v) is 4.84. The van der Waals surface area contributed by atoms with E-state index in [9.17, 15) is 15.3 Å². The predicted molar refractivity (Wildman–Crippen MR) is 116 cm³/mol. The molecule has 5 nitrogen and oxygen atoms in total. The van der Waals surface area contributed by atoms with Crippen LogP contribution in [-0.2, 0) is 0 Å². The Labute approximate surface area is 176 Å². The summed E-state index contributed by atoms with van der Waals surface area (Å²) in [4.78, 5) is 2.27. The van der Waals surface area contributed by atoms with E-state index in [1.54, 1.807) is 18.2 Å². The SMILES string of the molecule is Oc1ccc2c(c1)[C@H](O)CC1(CCN(C[C@H](O)c3ccc4ccccc4c3)CC1)O2. The van der Waals surface area contributed by atoms with E-state index in [1.165, 1.54) is 5.39 Å². The highest BCUT2D eigenvalue weighted by atomic mass is 16.5. The lowest BCUT2D eigenvalue weighted by atomic mass is 9.81. The molecule has 0 unspecified atom stereocenters. The van der Waals surface area contributed by atoms with Crippen LogP contribution in [-0.4, -0.2) is 45.5 Å². The zero-order chi connectivity index (χ0) is 20.7. The van der Waals surface area contributed by atoms with Gasteiger partial charge in [-0.15, -0.1) is 0 Å². The van der Waals surface area contributed by atoms with Crippen molar-refractivity contribution in [2.75, 3.05) is 19.6 Å². The number of aliphatic hydroxyl groups is 2. The zero-order valence-electron chi connectivity index (χ0n) is 16.9. The second kappa shape index (κ2) is 7.58. The van der Waals surface area contributed by atoms with Gasteiger partial charge in [-0.2, -0.15) is 0 Å². The summed E-state index contributed by atoms with van der Waals surface area (Å²) in [6.07, 6.45) is 0.967. The molecule has 0 aromatic heterocycles. The molecule has 1 fully saturated rings. The number of rotatable bonds is 3. The predicted octanol–water partition coefficient (Wildman–Crippen LogP) is 3.93. The van der Waals surface area contributed by atoms with Crippen LogP contribution in [0.15, 0.2) is 60.7 Å². The average Bonchev–Trinajstić information content (AvgIpc) is 2.76. The highest BCUT2D eigenvalue weighted by molar-refractivity contribution is 5.83. The lowest BCUT2D eigenvalue weighted by molar-refractivity contribution is -0.0588. The van der Waals surface area contributed by atoms with Crippen LogP contribution < -0.4 is 4.74 Å². The van der Waals surface area contributed by atoms with E-state index < -0.39 is 12.2 Å². The number of phenols is 1. The van der Waals surface area contributed by atoms with Crippen LogP contribution in [0.2, 0.25) is 0 Å². The first-order valence-corrected chi connectivity index (χ1v) is 10.6. The molecule has 30 heavy (non-hydrogen) atoms. The van der Waals surface area contributed by atoms with Crippen molar-refractivity contribution in [3.63, 3.8) is 0 Å². The van der Waals surface area contributed by atoms with Gasteiger partial charge in [-0.05, 0) is 53.4 Å². The average molecular weight is 405 g/mol. The molecule has 0 radical (unpaired) electrons. The minimum absolute atomic E-state index is 0.143. The topological polar surface area (TPSA) is 73.2 Å². The molecular formula is C25H27NO4. The van der Waals surface area contributed by atoms with E-state index in [0.29, 0.717) is 24.3 Å². The van der Waals surface area contributed by atoms with Gasteiger partial charge in [-0.1, -0.05) is 36.4 Å². The minimum atomic E-state index is -0.629. The van der Waals surface area contributed by atoms with Gasteiger partial charge in [0.15, 0.2) is 0 Å². The zero-order valence-corrected chi connectivity index (χ0v) is 16.9. The number of β-amino-alcohol motifs (C(OH)–C–C–N with tert-alkyl or cyclic N) is 1. The van der Waals surface area contributed by atoms with Gasteiger partial charge in [-0.3, -0.25) is 0 Å². The second-order valence-corrected chi connectivity index (χ2v) is 8.65. The third-order valence-electron chi connectivity index (χ3n) is 6.60. The lowest BCUT2D eigenvalue weighted by Gasteiger charge is -2.46. The maximum absolute atomic E-state index is 10.8. The van der Waals surface area contributed by atoms with Gasteiger partial charge in [0.2, 0.25) is 0 Å². The van der Waals surface area contributed by atoms with Crippen LogP contribution in [0.4, 0.5) is 0 Å². The number of benzene rings is 3. The summed E-state index contributed by atoms with van der Waals surface area (Å²) in [5.41, 5.74) is 1.22. The molecule has 5 rings (SSSR count). The van der Waals surface area contributed by atoms with Gasteiger partial charge in [0.25, 0.3) is 0 Å². The molecule has 2 atom stereocenters. The first-order valence-electron chi connectivity index (χ1n) is 10.6. The third kappa shape index (κ3) is 3.65. The van der Waals surface area contributed by atoms with Gasteiger partial charge in [0.1, 0.15) is 17.1 Å². The number of hydrogen-bond donors (Lipinski definition) is 3. The number of piperidine rings is 1. The van der Waals surface area contributed by atoms with Gasteiger partial charge in [0, 0.05) is 31.6 Å². The quantitative estimate of drug-likeness (QED) is 0.616. The molecule has 3 aromatic rings. The third-order valence-corrected chi connectivity index (χ3v) is 6.60. The van der Waals surface area contributed by atoms with E-state index in [4.69, 9.17) is 4.74 Å². The Bertz CT molecular complexity index is 1060. The van der Waals surface area contributed by atoms with Crippen LogP contribution >= 0.6 is 0 Å². The van der Waals surface area contributed by atoms with Crippen molar-refractivity contribution in [2.45, 2.75) is 37.1 Å². The molecule has 0 bridgehead atoms. The standard InChI is InChI=1S/C25H27NO4/c27-20-7-8-24-21(14-20)22(28)15-25(30-24)9-11-26(12-10-25)16-23(29)19-6-5-17-3-1-2-4-18(17)13-19/h1-8,13-14,22-23,27-29H,9-12,15-16H2/t22-,23+/m1/s1. The van der Waals surface area contributed by atoms with Crippen molar-refractivity contribution >= 4 is 10.8 Å². The van der Waals surface area contributed by atoms with Crippen LogP contribution in [0.1, 0.15) is 42.6 Å². The number of phenolic OH excluding ortho intramolecular Hbond substituents is 1. The number of fused-ring (bicyclic) bond motifs is 2. The van der Waals surface area contributed by atoms with E-state index >= 15 is 0 Å². The van der Waals surface area contributed by atoms with E-state index in [1.807, 2.05) is 18.2 Å². The number of nitrogens with zero attached hydrogens (tertiary/aromatic N) is 1. The van der Waals surface area contributed by atoms with E-state index in [-0.39, 0.29) is 11.4 Å². The Hall–Kier alpha value is -2.60. The highest BCUT2D eigenvalue weighted by Crippen LogP contribution is 2.45. The smallest absolute Gasteiger partial charge is 0.126 e. The van der Waals surface area contributed by atoms with Crippen LogP contribution in [0, 0.1) is 0 Å². The summed E-state index contributed by atoms with van der Waals surface area (Å²) in [6, 6.07) is 19.2. The first-order chi connectivity index (χ1) is 14.5. The summed E-state index contributed by atoms with van der Waals surface area (Å²) in [7, 11) is 0. The fourth-order valence-electron chi connectivity index (χ4n) is 4.84. The Balaban J connectivity index is 1.24. The summed E-state index contributed by atoms with van der Waals surface area (Å²) >= 11 is 0. The maximum atomic E-state index is 10.8. The Morgan fingerprint density at radius 3 is 2.57 bits per heavy atom. The van der Waals surface area contributed by atoms with Gasteiger partial charge in [-0.25, -0.2) is 0 Å². The summed E-state index contributed by atoms with van der Waals surface area (Å²) < 4.78 is 6.31.